The lowest BCUT2D eigenvalue weighted by Crippen LogP contribution is -2.38. The number of thioether (sulfide) groups is 1. The van der Waals surface area contributed by atoms with E-state index >= 15 is 0 Å². The lowest BCUT2D eigenvalue weighted by Gasteiger charge is -2.32. The minimum absolute atomic E-state index is 0.140. The Balaban J connectivity index is 1.66. The largest absolute Gasteiger partial charge is 0.300 e. The molecule has 0 amide bonds. The Kier molecular flexibility index (Phi) is 4.81. The Bertz CT molecular complexity index is 521. The maximum atomic E-state index is 6.21. The molecule has 0 spiro atoms. The summed E-state index contributed by atoms with van der Waals surface area (Å²) in [6.07, 6.45) is 1.00. The van der Waals surface area contributed by atoms with E-state index in [1.165, 1.54) is 22.6 Å². The maximum absolute atomic E-state index is 6.21. The highest BCUT2D eigenvalue weighted by molar-refractivity contribution is 8.03. The number of hydrogen-bond acceptors (Lipinski definition) is 6. The molecule has 0 saturated carbocycles. The molecule has 2 aliphatic rings. The quantitative estimate of drug-likeness (QED) is 0.858. The van der Waals surface area contributed by atoms with Crippen molar-refractivity contribution in [3.8, 4) is 0 Å². The Morgan fingerprint density at radius 1 is 1.33 bits per heavy atom. The Labute approximate surface area is 134 Å². The van der Waals surface area contributed by atoms with Crippen LogP contribution in [0.15, 0.2) is 45.8 Å². The smallest absolute Gasteiger partial charge is 0.155 e. The molecule has 0 radical (unpaired) electrons. The molecule has 1 unspecified atom stereocenters. The van der Waals surface area contributed by atoms with Crippen LogP contribution in [0.3, 0.4) is 0 Å². The van der Waals surface area contributed by atoms with Crippen molar-refractivity contribution in [3.63, 3.8) is 0 Å². The van der Waals surface area contributed by atoms with Crippen molar-refractivity contribution >= 4 is 23.8 Å². The zero-order valence-corrected chi connectivity index (χ0v) is 14.0. The first kappa shape index (κ1) is 15.2. The molecular formula is C15H21N3OS2. The highest BCUT2D eigenvalue weighted by Crippen LogP contribution is 2.42. The van der Waals surface area contributed by atoms with Gasteiger partial charge >= 0.3 is 0 Å². The van der Waals surface area contributed by atoms with Crippen molar-refractivity contribution in [2.24, 2.45) is 5.73 Å². The van der Waals surface area contributed by atoms with Crippen molar-refractivity contribution in [2.45, 2.75) is 36.7 Å². The third kappa shape index (κ3) is 3.40. The van der Waals surface area contributed by atoms with Crippen LogP contribution in [-0.2, 0) is 4.28 Å². The summed E-state index contributed by atoms with van der Waals surface area (Å²) in [5.74, 6) is 0. The van der Waals surface area contributed by atoms with Gasteiger partial charge in [0.05, 0.1) is 17.7 Å². The van der Waals surface area contributed by atoms with Gasteiger partial charge in [0.15, 0.2) is 5.50 Å². The van der Waals surface area contributed by atoms with E-state index in [1.54, 1.807) is 11.8 Å². The molecule has 4 nitrogen and oxygen atoms in total. The number of benzene rings is 1. The van der Waals surface area contributed by atoms with Crippen molar-refractivity contribution in [2.75, 3.05) is 13.1 Å². The summed E-state index contributed by atoms with van der Waals surface area (Å²) in [6.45, 7) is 6.54. The van der Waals surface area contributed by atoms with Gasteiger partial charge in [0.2, 0.25) is 0 Å². The van der Waals surface area contributed by atoms with Crippen molar-refractivity contribution in [3.05, 3.63) is 40.9 Å². The normalized spacial score (nSPS) is 23.0. The van der Waals surface area contributed by atoms with E-state index in [2.05, 4.69) is 18.7 Å². The third-order valence-electron chi connectivity index (χ3n) is 3.75. The fourth-order valence-electron chi connectivity index (χ4n) is 2.52. The van der Waals surface area contributed by atoms with E-state index in [9.17, 15) is 0 Å². The van der Waals surface area contributed by atoms with Gasteiger partial charge in [-0.2, -0.15) is 4.28 Å². The topological polar surface area (TPSA) is 41.7 Å². The van der Waals surface area contributed by atoms with E-state index in [0.717, 1.165) is 24.4 Å². The van der Waals surface area contributed by atoms with Gasteiger partial charge < -0.3 is 5.73 Å². The highest BCUT2D eigenvalue weighted by atomic mass is 32.2. The standard InChI is InChI=1S/C15H21N3OS2/c1-11(2)17-9-8-13-14(10-17)20-15(16)18(13)19-21-12-6-4-3-5-7-12/h3-7,11,15H,8-10,16H2,1-2H3. The number of nitrogens with two attached hydrogens (primary N) is 1. The molecule has 1 atom stereocenters. The molecule has 0 bridgehead atoms. The van der Waals surface area contributed by atoms with Gasteiger partial charge in [0.1, 0.15) is 0 Å². The summed E-state index contributed by atoms with van der Waals surface area (Å²) in [7, 11) is 0. The SMILES string of the molecule is CC(C)N1CCC2=C(C1)SC(N)N2OSc1ccccc1. The summed E-state index contributed by atoms with van der Waals surface area (Å²) < 4.78 is 5.89. The summed E-state index contributed by atoms with van der Waals surface area (Å²) in [4.78, 5) is 4.92. The average Bonchev–Trinajstić information content (AvgIpc) is 2.80. The molecule has 0 aromatic heterocycles. The molecule has 1 aromatic rings. The van der Waals surface area contributed by atoms with Gasteiger partial charge in [-0.3, -0.25) is 4.90 Å². The maximum Gasteiger partial charge on any atom is 0.155 e. The molecular weight excluding hydrogens is 302 g/mol. The Morgan fingerprint density at radius 3 is 2.81 bits per heavy atom. The van der Waals surface area contributed by atoms with Gasteiger partial charge in [0.25, 0.3) is 0 Å². The van der Waals surface area contributed by atoms with E-state index in [1.807, 2.05) is 35.4 Å². The first-order valence-electron chi connectivity index (χ1n) is 7.22. The summed E-state index contributed by atoms with van der Waals surface area (Å²) in [5.41, 5.74) is 7.33. The van der Waals surface area contributed by atoms with Crippen LogP contribution < -0.4 is 5.73 Å². The van der Waals surface area contributed by atoms with E-state index in [-0.39, 0.29) is 5.50 Å². The lowest BCUT2D eigenvalue weighted by atomic mass is 10.1. The van der Waals surface area contributed by atoms with Gasteiger partial charge in [-0.15, -0.1) is 0 Å². The average molecular weight is 323 g/mol. The fraction of sp³-hybridized carbons (Fsp3) is 0.467. The van der Waals surface area contributed by atoms with E-state index in [4.69, 9.17) is 10.0 Å². The molecule has 114 valence electrons. The van der Waals surface area contributed by atoms with Crippen LogP contribution in [0.2, 0.25) is 0 Å². The number of hydrogen-bond donors (Lipinski definition) is 1. The molecule has 3 rings (SSSR count). The van der Waals surface area contributed by atoms with Gasteiger partial charge in [-0.1, -0.05) is 30.0 Å². The summed E-state index contributed by atoms with van der Waals surface area (Å²) in [5, 5.41) is 1.88. The van der Waals surface area contributed by atoms with E-state index < -0.39 is 0 Å². The molecule has 2 N–H and O–H groups in total. The van der Waals surface area contributed by atoms with Crippen LogP contribution in [0.1, 0.15) is 20.3 Å². The zero-order valence-electron chi connectivity index (χ0n) is 12.4. The van der Waals surface area contributed by atoms with E-state index in [0.29, 0.717) is 6.04 Å². The number of rotatable bonds is 4. The summed E-state index contributed by atoms with van der Waals surface area (Å²) >= 11 is 3.09. The number of hydroxylamine groups is 2. The molecule has 6 heteroatoms. The first-order chi connectivity index (χ1) is 10.1. The van der Waals surface area contributed by atoms with Gasteiger partial charge in [-0.25, -0.2) is 5.06 Å². The predicted molar refractivity (Wildman–Crippen MR) is 89.1 cm³/mol. The highest BCUT2D eigenvalue weighted by Gasteiger charge is 2.35. The van der Waals surface area contributed by atoms with Crippen molar-refractivity contribution in [1.82, 2.24) is 9.96 Å². The zero-order chi connectivity index (χ0) is 14.8. The number of nitrogens with zero attached hydrogens (tertiary/aromatic N) is 2. The van der Waals surface area contributed by atoms with Crippen LogP contribution in [0.25, 0.3) is 0 Å². The van der Waals surface area contributed by atoms with Crippen LogP contribution in [0, 0.1) is 0 Å². The lowest BCUT2D eigenvalue weighted by molar-refractivity contribution is -0.0126. The van der Waals surface area contributed by atoms with Gasteiger partial charge in [0, 0.05) is 35.4 Å². The van der Waals surface area contributed by atoms with Crippen LogP contribution in [0.5, 0.6) is 0 Å². The third-order valence-corrected chi connectivity index (χ3v) is 5.53. The fourth-order valence-corrected chi connectivity index (χ4v) is 4.31. The summed E-state index contributed by atoms with van der Waals surface area (Å²) in [6, 6.07) is 10.7. The molecule has 0 aliphatic carbocycles. The van der Waals surface area contributed by atoms with Crippen LogP contribution >= 0.6 is 23.8 Å². The second-order valence-corrected chi connectivity index (χ2v) is 7.49. The minimum atomic E-state index is -0.140. The molecule has 1 aromatic carbocycles. The minimum Gasteiger partial charge on any atom is -0.300 e. The molecule has 2 aliphatic heterocycles. The van der Waals surface area contributed by atoms with Gasteiger partial charge in [-0.05, 0) is 26.0 Å². The van der Waals surface area contributed by atoms with Crippen LogP contribution in [0.4, 0.5) is 0 Å². The Hall–Kier alpha value is -0.660. The first-order valence-corrected chi connectivity index (χ1v) is 8.84. The van der Waals surface area contributed by atoms with Crippen LogP contribution in [-0.4, -0.2) is 34.6 Å². The molecule has 2 heterocycles. The second kappa shape index (κ2) is 6.62. The molecule has 0 saturated heterocycles. The Morgan fingerprint density at radius 2 is 2.10 bits per heavy atom. The molecule has 0 fully saturated rings. The van der Waals surface area contributed by atoms with Crippen molar-refractivity contribution < 1.29 is 4.28 Å². The molecule has 21 heavy (non-hydrogen) atoms. The van der Waals surface area contributed by atoms with Crippen molar-refractivity contribution in [1.29, 1.82) is 0 Å². The monoisotopic (exact) mass is 323 g/mol. The predicted octanol–water partition coefficient (Wildman–Crippen LogP) is 3.24. The second-order valence-electron chi connectivity index (χ2n) is 5.49.